The van der Waals surface area contributed by atoms with Gasteiger partial charge in [0.05, 0.1) is 26.4 Å². The Labute approximate surface area is 102 Å². The van der Waals surface area contributed by atoms with Gasteiger partial charge in [-0.15, -0.1) is 0 Å². The van der Waals surface area contributed by atoms with E-state index >= 15 is 0 Å². The molecule has 0 aromatic heterocycles. The van der Waals surface area contributed by atoms with Crippen LogP contribution >= 0.6 is 0 Å². The first-order valence-electron chi connectivity index (χ1n) is 5.92. The molecule has 0 spiro atoms. The Morgan fingerprint density at radius 3 is 2.18 bits per heavy atom. The minimum Gasteiger partial charge on any atom is -0.395 e. The zero-order valence-corrected chi connectivity index (χ0v) is 10.1. The van der Waals surface area contributed by atoms with Gasteiger partial charge in [0.25, 0.3) is 0 Å². The second-order valence-electron chi connectivity index (χ2n) is 3.83. The lowest BCUT2D eigenvalue weighted by atomic mass is 10.2. The maximum absolute atomic E-state index is 8.83. The number of benzene rings is 1. The Bertz CT molecular complexity index is 273. The van der Waals surface area contributed by atoms with Crippen LogP contribution in [0.5, 0.6) is 0 Å². The molecule has 0 aliphatic carbocycles. The van der Waals surface area contributed by atoms with Crippen molar-refractivity contribution in [1.29, 1.82) is 0 Å². The van der Waals surface area contributed by atoms with Crippen LogP contribution in [0.3, 0.4) is 0 Å². The van der Waals surface area contributed by atoms with Crippen molar-refractivity contribution in [1.82, 2.24) is 4.90 Å². The van der Waals surface area contributed by atoms with Crippen LogP contribution in [-0.4, -0.2) is 54.6 Å². The normalized spacial score (nSPS) is 11.0. The third-order valence-corrected chi connectivity index (χ3v) is 2.50. The highest BCUT2D eigenvalue weighted by molar-refractivity contribution is 5.13. The van der Waals surface area contributed by atoms with Crippen molar-refractivity contribution in [3.63, 3.8) is 0 Å². The maximum Gasteiger partial charge on any atom is 0.0717 e. The fraction of sp³-hybridized carbons (Fsp3) is 0.538. The van der Waals surface area contributed by atoms with E-state index in [0.29, 0.717) is 26.3 Å². The summed E-state index contributed by atoms with van der Waals surface area (Å²) in [5.74, 6) is 0. The second kappa shape index (κ2) is 9.13. The van der Waals surface area contributed by atoms with Crippen molar-refractivity contribution in [2.24, 2.45) is 0 Å². The molecule has 2 N–H and O–H groups in total. The van der Waals surface area contributed by atoms with Gasteiger partial charge in [-0.05, 0) is 5.56 Å². The van der Waals surface area contributed by atoms with Crippen molar-refractivity contribution in [2.45, 2.75) is 6.61 Å². The van der Waals surface area contributed by atoms with E-state index in [4.69, 9.17) is 14.9 Å². The van der Waals surface area contributed by atoms with Crippen molar-refractivity contribution in [3.8, 4) is 0 Å². The Balaban J connectivity index is 2.13. The van der Waals surface area contributed by atoms with Crippen molar-refractivity contribution in [2.75, 3.05) is 39.5 Å². The van der Waals surface area contributed by atoms with Crippen LogP contribution in [0.2, 0.25) is 0 Å². The molecule has 0 fully saturated rings. The summed E-state index contributed by atoms with van der Waals surface area (Å²) in [4.78, 5) is 1.98. The lowest BCUT2D eigenvalue weighted by Crippen LogP contribution is -2.32. The molecular formula is C13H21NO3. The summed E-state index contributed by atoms with van der Waals surface area (Å²) < 4.78 is 5.54. The van der Waals surface area contributed by atoms with Gasteiger partial charge in [-0.3, -0.25) is 4.90 Å². The molecule has 96 valence electrons. The first kappa shape index (κ1) is 14.1. The van der Waals surface area contributed by atoms with Crippen LogP contribution in [0.1, 0.15) is 5.56 Å². The molecule has 1 aromatic rings. The molecule has 0 bridgehead atoms. The smallest absolute Gasteiger partial charge is 0.0717 e. The van der Waals surface area contributed by atoms with Crippen LogP contribution < -0.4 is 0 Å². The average Bonchev–Trinajstić information content (AvgIpc) is 2.36. The van der Waals surface area contributed by atoms with E-state index < -0.39 is 0 Å². The van der Waals surface area contributed by atoms with Gasteiger partial charge in [0.2, 0.25) is 0 Å². The molecule has 17 heavy (non-hydrogen) atoms. The molecule has 0 amide bonds. The van der Waals surface area contributed by atoms with Crippen LogP contribution in [0.4, 0.5) is 0 Å². The SMILES string of the molecule is OCCN(CCO)CCOCc1ccccc1. The van der Waals surface area contributed by atoms with Gasteiger partial charge in [0, 0.05) is 19.6 Å². The first-order valence-corrected chi connectivity index (χ1v) is 5.92. The highest BCUT2D eigenvalue weighted by atomic mass is 16.5. The monoisotopic (exact) mass is 239 g/mol. The highest BCUT2D eigenvalue weighted by Gasteiger charge is 2.02. The maximum atomic E-state index is 8.83. The summed E-state index contributed by atoms with van der Waals surface area (Å²) in [5, 5.41) is 17.7. The zero-order chi connectivity index (χ0) is 12.3. The van der Waals surface area contributed by atoms with E-state index in [1.165, 1.54) is 0 Å². The van der Waals surface area contributed by atoms with Gasteiger partial charge in [-0.2, -0.15) is 0 Å². The molecule has 0 radical (unpaired) electrons. The van der Waals surface area contributed by atoms with E-state index in [2.05, 4.69) is 0 Å². The van der Waals surface area contributed by atoms with Crippen LogP contribution in [-0.2, 0) is 11.3 Å². The lowest BCUT2D eigenvalue weighted by Gasteiger charge is -2.19. The number of aliphatic hydroxyl groups excluding tert-OH is 2. The van der Waals surface area contributed by atoms with E-state index in [1.54, 1.807) is 0 Å². The van der Waals surface area contributed by atoms with Gasteiger partial charge >= 0.3 is 0 Å². The largest absolute Gasteiger partial charge is 0.395 e. The molecular weight excluding hydrogens is 218 g/mol. The summed E-state index contributed by atoms with van der Waals surface area (Å²) >= 11 is 0. The van der Waals surface area contributed by atoms with E-state index in [0.717, 1.165) is 12.1 Å². The fourth-order valence-electron chi connectivity index (χ4n) is 1.58. The summed E-state index contributed by atoms with van der Waals surface area (Å²) in [5.41, 5.74) is 1.16. The summed E-state index contributed by atoms with van der Waals surface area (Å²) in [7, 11) is 0. The van der Waals surface area contributed by atoms with Crippen LogP contribution in [0, 0.1) is 0 Å². The fourth-order valence-corrected chi connectivity index (χ4v) is 1.58. The molecule has 4 nitrogen and oxygen atoms in total. The van der Waals surface area contributed by atoms with Gasteiger partial charge in [0.15, 0.2) is 0 Å². The predicted octanol–water partition coefficient (Wildman–Crippen LogP) is 0.490. The third kappa shape index (κ3) is 6.38. The van der Waals surface area contributed by atoms with Gasteiger partial charge in [0.1, 0.15) is 0 Å². The molecule has 0 aliphatic heterocycles. The summed E-state index contributed by atoms with van der Waals surface area (Å²) in [6.07, 6.45) is 0. The number of aliphatic hydroxyl groups is 2. The molecule has 0 heterocycles. The van der Waals surface area contributed by atoms with Crippen LogP contribution in [0.25, 0.3) is 0 Å². The van der Waals surface area contributed by atoms with E-state index in [1.807, 2.05) is 35.2 Å². The summed E-state index contributed by atoms with van der Waals surface area (Å²) in [6, 6.07) is 10.0. The van der Waals surface area contributed by atoms with Crippen molar-refractivity contribution < 1.29 is 14.9 Å². The van der Waals surface area contributed by atoms with Gasteiger partial charge in [-0.25, -0.2) is 0 Å². The number of hydrogen-bond acceptors (Lipinski definition) is 4. The quantitative estimate of drug-likeness (QED) is 0.616. The minimum absolute atomic E-state index is 0.110. The summed E-state index contributed by atoms with van der Waals surface area (Å²) in [6.45, 7) is 3.32. The lowest BCUT2D eigenvalue weighted by molar-refractivity contribution is 0.0785. The van der Waals surface area contributed by atoms with Crippen molar-refractivity contribution in [3.05, 3.63) is 35.9 Å². The van der Waals surface area contributed by atoms with Crippen molar-refractivity contribution >= 4 is 0 Å². The third-order valence-electron chi connectivity index (χ3n) is 2.50. The molecule has 4 heteroatoms. The van der Waals surface area contributed by atoms with Gasteiger partial charge < -0.3 is 14.9 Å². The zero-order valence-electron chi connectivity index (χ0n) is 10.1. The number of ether oxygens (including phenoxy) is 1. The second-order valence-corrected chi connectivity index (χ2v) is 3.83. The minimum atomic E-state index is 0.110. The Morgan fingerprint density at radius 1 is 0.941 bits per heavy atom. The standard InChI is InChI=1S/C13H21NO3/c15-9-6-14(7-10-16)8-11-17-12-13-4-2-1-3-5-13/h1-5,15-16H,6-12H2. The Morgan fingerprint density at radius 2 is 1.59 bits per heavy atom. The number of rotatable bonds is 9. The molecule has 1 rings (SSSR count). The number of hydrogen-bond donors (Lipinski definition) is 2. The molecule has 1 aromatic carbocycles. The molecule has 0 unspecified atom stereocenters. The molecule has 0 saturated heterocycles. The van der Waals surface area contributed by atoms with Gasteiger partial charge in [-0.1, -0.05) is 30.3 Å². The van der Waals surface area contributed by atoms with E-state index in [9.17, 15) is 0 Å². The molecule has 0 saturated carbocycles. The number of nitrogens with zero attached hydrogens (tertiary/aromatic N) is 1. The average molecular weight is 239 g/mol. The first-order chi connectivity index (χ1) is 8.36. The Kier molecular flexibility index (Phi) is 7.58. The predicted molar refractivity (Wildman–Crippen MR) is 66.7 cm³/mol. The van der Waals surface area contributed by atoms with E-state index in [-0.39, 0.29) is 13.2 Å². The highest BCUT2D eigenvalue weighted by Crippen LogP contribution is 2.00. The molecule has 0 atom stereocenters. The Hall–Kier alpha value is -0.940. The topological polar surface area (TPSA) is 52.9 Å². The molecule has 0 aliphatic rings. The van der Waals surface area contributed by atoms with Crippen LogP contribution in [0.15, 0.2) is 30.3 Å².